The maximum absolute atomic E-state index is 11.1. The van der Waals surface area contributed by atoms with E-state index in [0.29, 0.717) is 27.6 Å². The van der Waals surface area contributed by atoms with Gasteiger partial charge in [-0.1, -0.05) is 11.6 Å². The fourth-order valence-electron chi connectivity index (χ4n) is 1.53. The van der Waals surface area contributed by atoms with Crippen molar-refractivity contribution in [2.75, 3.05) is 14.2 Å². The molecule has 0 heterocycles. The zero-order valence-electron chi connectivity index (χ0n) is 9.58. The molecule has 96 valence electrons. The van der Waals surface area contributed by atoms with Gasteiger partial charge in [-0.2, -0.15) is 0 Å². The van der Waals surface area contributed by atoms with Crippen LogP contribution in [0.1, 0.15) is 11.1 Å². The lowest BCUT2D eigenvalue weighted by molar-refractivity contribution is 0.352. The number of benzene rings is 1. The third kappa shape index (κ3) is 3.40. The Bertz CT molecular complexity index is 526. The fraction of sp³-hybridized carbons (Fsp3) is 0.400. The van der Waals surface area contributed by atoms with Crippen LogP contribution in [-0.4, -0.2) is 22.6 Å². The molecular weight excluding hydrogens is 287 g/mol. The Hall–Kier alpha value is -0.650. The Labute approximate surface area is 110 Å². The minimum absolute atomic E-state index is 0.293. The predicted octanol–water partition coefficient (Wildman–Crippen LogP) is 2.73. The van der Waals surface area contributed by atoms with Gasteiger partial charge in [0, 0.05) is 16.2 Å². The molecule has 0 fully saturated rings. The molecule has 0 aliphatic heterocycles. The number of halogens is 2. The Balaban J connectivity index is 3.47. The molecule has 0 aliphatic carbocycles. The lowest BCUT2D eigenvalue weighted by Crippen LogP contribution is -2.03. The maximum atomic E-state index is 11.1. The summed E-state index contributed by atoms with van der Waals surface area (Å²) in [7, 11) is 4.41. The van der Waals surface area contributed by atoms with E-state index in [4.69, 9.17) is 31.8 Å². The molecule has 0 N–H and O–H groups in total. The van der Waals surface area contributed by atoms with Gasteiger partial charge in [0.05, 0.1) is 25.0 Å². The first-order valence-corrected chi connectivity index (χ1v) is 7.48. The van der Waals surface area contributed by atoms with Crippen molar-refractivity contribution >= 4 is 31.3 Å². The largest absolute Gasteiger partial charge is 0.492 e. The number of aryl methyl sites for hydroxylation is 1. The van der Waals surface area contributed by atoms with Gasteiger partial charge in [-0.25, -0.2) is 8.42 Å². The molecule has 0 spiro atoms. The molecule has 1 rings (SSSR count). The van der Waals surface area contributed by atoms with Crippen molar-refractivity contribution in [1.29, 1.82) is 0 Å². The van der Waals surface area contributed by atoms with Crippen LogP contribution in [0.2, 0.25) is 5.02 Å². The van der Waals surface area contributed by atoms with Crippen molar-refractivity contribution in [1.82, 2.24) is 0 Å². The van der Waals surface area contributed by atoms with Crippen molar-refractivity contribution in [3.05, 3.63) is 22.2 Å². The molecule has 0 unspecified atom stereocenters. The molecule has 0 saturated heterocycles. The quantitative estimate of drug-likeness (QED) is 0.802. The third-order valence-corrected chi connectivity index (χ3v) is 3.48. The molecule has 0 saturated carbocycles. The predicted molar refractivity (Wildman–Crippen MR) is 67.8 cm³/mol. The summed E-state index contributed by atoms with van der Waals surface area (Å²) in [6.45, 7) is 1.73. The van der Waals surface area contributed by atoms with Crippen LogP contribution in [-0.2, 0) is 14.8 Å². The van der Waals surface area contributed by atoms with Gasteiger partial charge in [-0.3, -0.25) is 0 Å². The molecule has 17 heavy (non-hydrogen) atoms. The number of ether oxygens (including phenoxy) is 2. The van der Waals surface area contributed by atoms with Gasteiger partial charge in [0.2, 0.25) is 9.05 Å². The summed E-state index contributed by atoms with van der Waals surface area (Å²) >= 11 is 5.97. The molecule has 1 aromatic rings. The van der Waals surface area contributed by atoms with Gasteiger partial charge in [-0.15, -0.1) is 0 Å². The molecule has 0 atom stereocenters. The lowest BCUT2D eigenvalue weighted by Gasteiger charge is -2.15. The van der Waals surface area contributed by atoms with Crippen molar-refractivity contribution in [2.24, 2.45) is 0 Å². The third-order valence-electron chi connectivity index (χ3n) is 2.24. The van der Waals surface area contributed by atoms with Gasteiger partial charge < -0.3 is 9.47 Å². The van der Waals surface area contributed by atoms with Crippen LogP contribution in [0.4, 0.5) is 0 Å². The second kappa shape index (κ2) is 5.33. The topological polar surface area (TPSA) is 52.6 Å². The highest BCUT2D eigenvalue weighted by Crippen LogP contribution is 2.40. The Morgan fingerprint density at radius 2 is 1.76 bits per heavy atom. The maximum Gasteiger partial charge on any atom is 0.236 e. The number of methoxy groups -OCH3 is 2. The van der Waals surface area contributed by atoms with Crippen LogP contribution in [0.5, 0.6) is 11.5 Å². The highest BCUT2D eigenvalue weighted by molar-refractivity contribution is 8.13. The standard InChI is InChI=1S/C10H12Cl2O4S/c1-6-4-8(11)10(16-3)9(15-2)7(6)5-17(12,13)14/h4H,5H2,1-3H3. The fourth-order valence-corrected chi connectivity index (χ4v) is 2.88. The monoisotopic (exact) mass is 298 g/mol. The summed E-state index contributed by atoms with van der Waals surface area (Å²) in [5.74, 6) is 0.258. The summed E-state index contributed by atoms with van der Waals surface area (Å²) in [6.07, 6.45) is 0. The van der Waals surface area contributed by atoms with E-state index in [9.17, 15) is 8.42 Å². The summed E-state index contributed by atoms with van der Waals surface area (Å²) in [6, 6.07) is 1.61. The molecule has 1 aromatic carbocycles. The molecule has 4 nitrogen and oxygen atoms in total. The Kier molecular flexibility index (Phi) is 4.52. The van der Waals surface area contributed by atoms with E-state index in [1.807, 2.05) is 0 Å². The lowest BCUT2D eigenvalue weighted by atomic mass is 10.1. The van der Waals surface area contributed by atoms with Crippen LogP contribution >= 0.6 is 22.3 Å². The van der Waals surface area contributed by atoms with Crippen molar-refractivity contribution in [2.45, 2.75) is 12.7 Å². The van der Waals surface area contributed by atoms with Crippen LogP contribution in [0.15, 0.2) is 6.07 Å². The summed E-state index contributed by atoms with van der Waals surface area (Å²) in [4.78, 5) is 0. The highest BCUT2D eigenvalue weighted by Gasteiger charge is 2.20. The summed E-state index contributed by atoms with van der Waals surface area (Å²) in [5.41, 5.74) is 1.13. The van der Waals surface area contributed by atoms with Crippen molar-refractivity contribution in [3.8, 4) is 11.5 Å². The van der Waals surface area contributed by atoms with Gasteiger partial charge in [0.25, 0.3) is 0 Å². The first-order valence-electron chi connectivity index (χ1n) is 4.62. The van der Waals surface area contributed by atoms with E-state index >= 15 is 0 Å². The van der Waals surface area contributed by atoms with Crippen LogP contribution in [0.3, 0.4) is 0 Å². The normalized spacial score (nSPS) is 11.4. The van der Waals surface area contributed by atoms with Gasteiger partial charge in [0.1, 0.15) is 0 Å². The van der Waals surface area contributed by atoms with E-state index in [2.05, 4.69) is 0 Å². The van der Waals surface area contributed by atoms with Crippen LogP contribution < -0.4 is 9.47 Å². The highest BCUT2D eigenvalue weighted by atomic mass is 35.7. The second-order valence-corrected chi connectivity index (χ2v) is 6.59. The molecule has 0 bridgehead atoms. The Morgan fingerprint density at radius 3 is 2.18 bits per heavy atom. The molecule has 0 radical (unpaired) electrons. The smallest absolute Gasteiger partial charge is 0.236 e. The minimum atomic E-state index is -3.68. The van der Waals surface area contributed by atoms with E-state index < -0.39 is 9.05 Å². The first-order chi connectivity index (χ1) is 7.80. The number of hydrogen-bond acceptors (Lipinski definition) is 4. The van der Waals surface area contributed by atoms with Gasteiger partial charge in [0.15, 0.2) is 11.5 Å². The first kappa shape index (κ1) is 14.4. The van der Waals surface area contributed by atoms with Crippen molar-refractivity contribution < 1.29 is 17.9 Å². The zero-order valence-corrected chi connectivity index (χ0v) is 11.9. The zero-order chi connectivity index (χ0) is 13.2. The second-order valence-electron chi connectivity index (χ2n) is 3.40. The number of rotatable bonds is 4. The van der Waals surface area contributed by atoms with Gasteiger partial charge in [-0.05, 0) is 18.6 Å². The molecular formula is C10H12Cl2O4S. The van der Waals surface area contributed by atoms with E-state index in [1.165, 1.54) is 14.2 Å². The molecule has 0 amide bonds. The minimum Gasteiger partial charge on any atom is -0.492 e. The number of hydrogen-bond donors (Lipinski definition) is 0. The molecule has 7 heteroatoms. The molecule has 0 aliphatic rings. The average molecular weight is 299 g/mol. The van der Waals surface area contributed by atoms with E-state index in [-0.39, 0.29) is 5.75 Å². The van der Waals surface area contributed by atoms with E-state index in [0.717, 1.165) is 0 Å². The van der Waals surface area contributed by atoms with Crippen LogP contribution in [0.25, 0.3) is 0 Å². The van der Waals surface area contributed by atoms with E-state index in [1.54, 1.807) is 13.0 Å². The van der Waals surface area contributed by atoms with Crippen LogP contribution in [0, 0.1) is 6.92 Å². The SMILES string of the molecule is COc1c(Cl)cc(C)c(CS(=O)(=O)Cl)c1OC. The van der Waals surface area contributed by atoms with Gasteiger partial charge >= 0.3 is 0 Å². The van der Waals surface area contributed by atoms with Crippen molar-refractivity contribution in [3.63, 3.8) is 0 Å². The average Bonchev–Trinajstić information content (AvgIpc) is 2.19. The Morgan fingerprint density at radius 1 is 1.24 bits per heavy atom. The summed E-state index contributed by atoms with van der Waals surface area (Å²) in [5, 5.41) is 0.359. The summed E-state index contributed by atoms with van der Waals surface area (Å²) < 4.78 is 32.5. The molecule has 0 aromatic heterocycles.